The van der Waals surface area contributed by atoms with Gasteiger partial charge in [0.15, 0.2) is 0 Å². The van der Waals surface area contributed by atoms with Crippen molar-refractivity contribution < 1.29 is 14.3 Å². The Morgan fingerprint density at radius 2 is 1.82 bits per heavy atom. The minimum absolute atomic E-state index is 0.124. The lowest BCUT2D eigenvalue weighted by molar-refractivity contribution is -0.126. The van der Waals surface area contributed by atoms with E-state index in [1.807, 2.05) is 67.6 Å². The van der Waals surface area contributed by atoms with Gasteiger partial charge in [0.1, 0.15) is 18.4 Å². The summed E-state index contributed by atoms with van der Waals surface area (Å²) in [5.74, 6) is 0.453. The molecule has 0 saturated heterocycles. The molecular formula is C23H22N2O3. The summed E-state index contributed by atoms with van der Waals surface area (Å²) in [5, 5.41) is 4.93. The number of hydrogen-bond donors (Lipinski definition) is 1. The Hall–Kier alpha value is -3.34. The predicted octanol–water partition coefficient (Wildman–Crippen LogP) is 3.75. The zero-order valence-electron chi connectivity index (χ0n) is 15.9. The number of anilines is 1. The molecule has 2 amide bonds. The first-order chi connectivity index (χ1) is 13.6. The summed E-state index contributed by atoms with van der Waals surface area (Å²) in [4.78, 5) is 26.2. The molecule has 1 heterocycles. The minimum Gasteiger partial charge on any atom is -0.491 e. The number of ether oxygens (including phenoxy) is 1. The van der Waals surface area contributed by atoms with Crippen molar-refractivity contribution in [2.45, 2.75) is 19.9 Å². The van der Waals surface area contributed by atoms with E-state index in [2.05, 4.69) is 5.32 Å². The highest BCUT2D eigenvalue weighted by atomic mass is 16.5. The first-order valence-electron chi connectivity index (χ1n) is 9.35. The molecule has 1 N–H and O–H groups in total. The molecule has 1 aliphatic rings. The van der Waals surface area contributed by atoms with E-state index in [1.165, 1.54) is 6.92 Å². The molecule has 142 valence electrons. The molecule has 28 heavy (non-hydrogen) atoms. The van der Waals surface area contributed by atoms with E-state index in [4.69, 9.17) is 4.74 Å². The lowest BCUT2D eigenvalue weighted by Crippen LogP contribution is -2.38. The molecule has 4 rings (SSSR count). The van der Waals surface area contributed by atoms with Crippen LogP contribution in [0.4, 0.5) is 5.69 Å². The lowest BCUT2D eigenvalue weighted by Gasteiger charge is -2.20. The SMILES string of the molecule is CC(=O)N[C@H]1C(=O)N(CCOc2cccc3ccccc23)c2c(C)cccc21. The summed E-state index contributed by atoms with van der Waals surface area (Å²) in [6.45, 7) is 4.17. The third-order valence-electron chi connectivity index (χ3n) is 5.03. The number of nitrogens with zero attached hydrogens (tertiary/aromatic N) is 1. The summed E-state index contributed by atoms with van der Waals surface area (Å²) >= 11 is 0. The number of hydrogen-bond acceptors (Lipinski definition) is 3. The van der Waals surface area contributed by atoms with E-state index in [-0.39, 0.29) is 11.8 Å². The fraction of sp³-hybridized carbons (Fsp3) is 0.217. The topological polar surface area (TPSA) is 58.6 Å². The molecule has 1 atom stereocenters. The van der Waals surface area contributed by atoms with Crippen LogP contribution in [-0.4, -0.2) is 25.0 Å². The molecule has 0 saturated carbocycles. The first-order valence-corrected chi connectivity index (χ1v) is 9.35. The maximum Gasteiger partial charge on any atom is 0.254 e. The highest BCUT2D eigenvalue weighted by molar-refractivity contribution is 6.06. The van der Waals surface area contributed by atoms with Crippen molar-refractivity contribution in [1.29, 1.82) is 0 Å². The first kappa shape index (κ1) is 18.0. The van der Waals surface area contributed by atoms with Gasteiger partial charge in [-0.05, 0) is 23.9 Å². The molecule has 0 radical (unpaired) electrons. The molecule has 0 aliphatic carbocycles. The molecule has 0 bridgehead atoms. The van der Waals surface area contributed by atoms with Gasteiger partial charge in [-0.15, -0.1) is 0 Å². The molecule has 0 unspecified atom stereocenters. The summed E-state index contributed by atoms with van der Waals surface area (Å²) in [5.41, 5.74) is 2.71. The Morgan fingerprint density at radius 3 is 2.64 bits per heavy atom. The number of para-hydroxylation sites is 1. The molecule has 3 aromatic rings. The van der Waals surface area contributed by atoms with Gasteiger partial charge in [-0.1, -0.05) is 54.6 Å². The fourth-order valence-electron chi connectivity index (χ4n) is 3.82. The molecular weight excluding hydrogens is 352 g/mol. The van der Waals surface area contributed by atoms with Crippen LogP contribution in [-0.2, 0) is 9.59 Å². The van der Waals surface area contributed by atoms with Gasteiger partial charge in [0.25, 0.3) is 5.91 Å². The summed E-state index contributed by atoms with van der Waals surface area (Å²) in [7, 11) is 0. The monoisotopic (exact) mass is 374 g/mol. The Morgan fingerprint density at radius 1 is 1.07 bits per heavy atom. The second kappa shape index (κ2) is 7.35. The molecule has 0 aromatic heterocycles. The molecule has 0 spiro atoms. The summed E-state index contributed by atoms with van der Waals surface area (Å²) in [6, 6.07) is 19.1. The molecule has 5 heteroatoms. The molecule has 5 nitrogen and oxygen atoms in total. The van der Waals surface area contributed by atoms with Crippen LogP contribution < -0.4 is 15.0 Å². The Balaban J connectivity index is 1.55. The largest absolute Gasteiger partial charge is 0.491 e. The van der Waals surface area contributed by atoms with Crippen LogP contribution in [0.25, 0.3) is 10.8 Å². The number of carbonyl (C=O) groups excluding carboxylic acids is 2. The van der Waals surface area contributed by atoms with Crippen LogP contribution in [0, 0.1) is 6.92 Å². The lowest BCUT2D eigenvalue weighted by atomic mass is 10.1. The second-order valence-corrected chi connectivity index (χ2v) is 6.96. The molecule has 1 aliphatic heterocycles. The average molecular weight is 374 g/mol. The maximum absolute atomic E-state index is 13.0. The van der Waals surface area contributed by atoms with Crippen molar-refractivity contribution >= 4 is 28.3 Å². The number of benzene rings is 3. The summed E-state index contributed by atoms with van der Waals surface area (Å²) < 4.78 is 6.02. The van der Waals surface area contributed by atoms with Crippen LogP contribution in [0.15, 0.2) is 60.7 Å². The van der Waals surface area contributed by atoms with Crippen molar-refractivity contribution in [3.8, 4) is 5.75 Å². The zero-order chi connectivity index (χ0) is 19.7. The number of fused-ring (bicyclic) bond motifs is 2. The highest BCUT2D eigenvalue weighted by Crippen LogP contribution is 2.38. The zero-order valence-corrected chi connectivity index (χ0v) is 15.9. The number of rotatable bonds is 5. The van der Waals surface area contributed by atoms with E-state index < -0.39 is 6.04 Å². The number of aryl methyl sites for hydroxylation is 1. The number of carbonyl (C=O) groups is 2. The van der Waals surface area contributed by atoms with Gasteiger partial charge >= 0.3 is 0 Å². The second-order valence-electron chi connectivity index (χ2n) is 6.96. The van der Waals surface area contributed by atoms with E-state index in [0.29, 0.717) is 13.2 Å². The van der Waals surface area contributed by atoms with Gasteiger partial charge in [-0.2, -0.15) is 0 Å². The van der Waals surface area contributed by atoms with E-state index in [9.17, 15) is 9.59 Å². The third-order valence-corrected chi connectivity index (χ3v) is 5.03. The van der Waals surface area contributed by atoms with Crippen molar-refractivity contribution in [2.24, 2.45) is 0 Å². The maximum atomic E-state index is 13.0. The van der Waals surface area contributed by atoms with Crippen LogP contribution in [0.2, 0.25) is 0 Å². The van der Waals surface area contributed by atoms with Crippen molar-refractivity contribution in [2.75, 3.05) is 18.1 Å². The molecule has 0 fully saturated rings. The Kier molecular flexibility index (Phi) is 4.74. The summed E-state index contributed by atoms with van der Waals surface area (Å²) in [6.07, 6.45) is 0. The Bertz CT molecular complexity index is 1060. The van der Waals surface area contributed by atoms with Gasteiger partial charge in [-0.3, -0.25) is 9.59 Å². The normalized spacial score (nSPS) is 15.6. The van der Waals surface area contributed by atoms with Crippen molar-refractivity contribution in [1.82, 2.24) is 5.32 Å². The van der Waals surface area contributed by atoms with Gasteiger partial charge in [0.2, 0.25) is 5.91 Å². The highest BCUT2D eigenvalue weighted by Gasteiger charge is 2.38. The van der Waals surface area contributed by atoms with E-state index >= 15 is 0 Å². The van der Waals surface area contributed by atoms with Gasteiger partial charge in [-0.25, -0.2) is 0 Å². The van der Waals surface area contributed by atoms with Gasteiger partial charge < -0.3 is 15.0 Å². The van der Waals surface area contributed by atoms with Crippen LogP contribution in [0.5, 0.6) is 5.75 Å². The fourth-order valence-corrected chi connectivity index (χ4v) is 3.82. The number of amides is 2. The molecule has 3 aromatic carbocycles. The quantitative estimate of drug-likeness (QED) is 0.740. The number of nitrogens with one attached hydrogen (secondary N) is 1. The van der Waals surface area contributed by atoms with Crippen LogP contribution in [0.1, 0.15) is 24.1 Å². The average Bonchev–Trinajstić information content (AvgIpc) is 2.95. The minimum atomic E-state index is -0.634. The van der Waals surface area contributed by atoms with Gasteiger partial charge in [0.05, 0.1) is 12.2 Å². The standard InChI is InChI=1S/C23H22N2O3/c1-15-7-5-11-19-21(24-16(2)26)23(27)25(22(15)19)13-14-28-20-12-6-9-17-8-3-4-10-18(17)20/h3-12,21H,13-14H2,1-2H3,(H,24,26)/t21-/m1/s1. The van der Waals surface area contributed by atoms with Crippen molar-refractivity contribution in [3.05, 3.63) is 71.8 Å². The predicted molar refractivity (Wildman–Crippen MR) is 110 cm³/mol. The van der Waals surface area contributed by atoms with Crippen LogP contribution in [0.3, 0.4) is 0 Å². The van der Waals surface area contributed by atoms with E-state index in [1.54, 1.807) is 4.90 Å². The Labute approximate surface area is 163 Å². The van der Waals surface area contributed by atoms with Crippen molar-refractivity contribution in [3.63, 3.8) is 0 Å². The third kappa shape index (κ3) is 3.20. The van der Waals surface area contributed by atoms with Gasteiger partial charge in [0, 0.05) is 17.9 Å². The smallest absolute Gasteiger partial charge is 0.254 e. The van der Waals surface area contributed by atoms with E-state index in [0.717, 1.165) is 33.3 Å². The van der Waals surface area contributed by atoms with Crippen LogP contribution >= 0.6 is 0 Å².